The van der Waals surface area contributed by atoms with Gasteiger partial charge in [-0.25, -0.2) is 9.69 Å². The first-order valence-corrected chi connectivity index (χ1v) is 8.33. The first-order chi connectivity index (χ1) is 11.5. The fourth-order valence-electron chi connectivity index (χ4n) is 2.61. The molecule has 1 aromatic carbocycles. The molecule has 25 heavy (non-hydrogen) atoms. The second-order valence-electron chi connectivity index (χ2n) is 7.73. The molecule has 6 heteroatoms. The largest absolute Gasteiger partial charge is 0.334 e. The van der Waals surface area contributed by atoms with E-state index in [4.69, 9.17) is 0 Å². The molecule has 0 bridgehead atoms. The summed E-state index contributed by atoms with van der Waals surface area (Å²) in [6.07, 6.45) is 0. The standard InChI is InChI=1S/C19H24N2O4/c1-12(2)10-20-16(23)17(24)21(18(20)25)11-15(22)13-6-8-14(9-7-13)19(3,4)5/h6-9,12H,10-11H2,1-5H3. The van der Waals surface area contributed by atoms with E-state index in [0.29, 0.717) is 5.56 Å². The van der Waals surface area contributed by atoms with E-state index in [-0.39, 0.29) is 23.7 Å². The van der Waals surface area contributed by atoms with Crippen LogP contribution < -0.4 is 0 Å². The van der Waals surface area contributed by atoms with Crippen LogP contribution in [0.25, 0.3) is 0 Å². The lowest BCUT2D eigenvalue weighted by molar-refractivity contribution is -0.143. The summed E-state index contributed by atoms with van der Waals surface area (Å²) >= 11 is 0. The van der Waals surface area contributed by atoms with Crippen molar-refractivity contribution >= 4 is 23.6 Å². The number of urea groups is 1. The second-order valence-corrected chi connectivity index (χ2v) is 7.73. The topological polar surface area (TPSA) is 74.8 Å². The van der Waals surface area contributed by atoms with E-state index in [1.807, 2.05) is 26.0 Å². The third kappa shape index (κ3) is 3.95. The molecule has 0 N–H and O–H groups in total. The maximum absolute atomic E-state index is 12.4. The molecule has 0 aliphatic carbocycles. The number of amides is 4. The quantitative estimate of drug-likeness (QED) is 0.467. The van der Waals surface area contributed by atoms with Crippen molar-refractivity contribution in [1.82, 2.24) is 9.80 Å². The van der Waals surface area contributed by atoms with Gasteiger partial charge in [-0.3, -0.25) is 19.3 Å². The van der Waals surface area contributed by atoms with Crippen LogP contribution in [-0.4, -0.2) is 46.5 Å². The summed E-state index contributed by atoms with van der Waals surface area (Å²) in [6, 6.07) is 6.36. The molecule has 1 heterocycles. The highest BCUT2D eigenvalue weighted by Gasteiger charge is 2.45. The molecule has 2 rings (SSSR count). The van der Waals surface area contributed by atoms with E-state index in [1.165, 1.54) is 0 Å². The molecule has 1 aromatic rings. The van der Waals surface area contributed by atoms with E-state index < -0.39 is 24.4 Å². The van der Waals surface area contributed by atoms with Gasteiger partial charge in [0.2, 0.25) is 0 Å². The summed E-state index contributed by atoms with van der Waals surface area (Å²) < 4.78 is 0. The molecule has 0 atom stereocenters. The normalized spacial score (nSPS) is 15.5. The van der Waals surface area contributed by atoms with E-state index >= 15 is 0 Å². The lowest BCUT2D eigenvalue weighted by atomic mass is 9.86. The number of carbonyl (C=O) groups excluding carboxylic acids is 4. The maximum Gasteiger partial charge on any atom is 0.334 e. The fraction of sp³-hybridized carbons (Fsp3) is 0.474. The van der Waals surface area contributed by atoms with Crippen LogP contribution in [0.1, 0.15) is 50.5 Å². The molecule has 1 aliphatic rings. The molecular weight excluding hydrogens is 320 g/mol. The molecule has 0 spiro atoms. The van der Waals surface area contributed by atoms with Gasteiger partial charge in [0.15, 0.2) is 5.78 Å². The van der Waals surface area contributed by atoms with Gasteiger partial charge >= 0.3 is 17.8 Å². The second kappa shape index (κ2) is 6.78. The SMILES string of the molecule is CC(C)CN1C(=O)C(=O)N(CC(=O)c2ccc(C(C)(C)C)cc2)C1=O. The summed E-state index contributed by atoms with van der Waals surface area (Å²) in [7, 11) is 0. The summed E-state index contributed by atoms with van der Waals surface area (Å²) in [5.41, 5.74) is 1.45. The summed E-state index contributed by atoms with van der Waals surface area (Å²) in [6.45, 7) is 9.63. The Morgan fingerprint density at radius 1 is 0.960 bits per heavy atom. The molecule has 134 valence electrons. The Kier molecular flexibility index (Phi) is 5.11. The lowest BCUT2D eigenvalue weighted by Crippen LogP contribution is -2.38. The number of hydrogen-bond acceptors (Lipinski definition) is 4. The van der Waals surface area contributed by atoms with Gasteiger partial charge in [0.1, 0.15) is 0 Å². The van der Waals surface area contributed by atoms with Crippen LogP contribution in [0.3, 0.4) is 0 Å². The van der Waals surface area contributed by atoms with Crippen LogP contribution in [0.5, 0.6) is 0 Å². The Hall–Kier alpha value is -2.50. The highest BCUT2D eigenvalue weighted by atomic mass is 16.2. The molecule has 6 nitrogen and oxygen atoms in total. The molecule has 1 saturated heterocycles. The van der Waals surface area contributed by atoms with Crippen LogP contribution in [0.2, 0.25) is 0 Å². The van der Waals surface area contributed by atoms with Crippen LogP contribution in [0.15, 0.2) is 24.3 Å². The van der Waals surface area contributed by atoms with Gasteiger partial charge in [0, 0.05) is 12.1 Å². The third-order valence-corrected chi connectivity index (χ3v) is 4.06. The number of benzene rings is 1. The summed E-state index contributed by atoms with van der Waals surface area (Å²) in [5.74, 6) is -2.14. The van der Waals surface area contributed by atoms with Crippen molar-refractivity contribution in [2.75, 3.05) is 13.1 Å². The number of rotatable bonds is 5. The molecule has 1 aliphatic heterocycles. The highest BCUT2D eigenvalue weighted by Crippen LogP contribution is 2.22. The predicted molar refractivity (Wildman–Crippen MR) is 93.1 cm³/mol. The van der Waals surface area contributed by atoms with Crippen molar-refractivity contribution in [1.29, 1.82) is 0 Å². The Morgan fingerprint density at radius 2 is 1.48 bits per heavy atom. The van der Waals surface area contributed by atoms with Gasteiger partial charge in [-0.05, 0) is 16.9 Å². The molecule has 0 aromatic heterocycles. The van der Waals surface area contributed by atoms with Crippen LogP contribution in [-0.2, 0) is 15.0 Å². The Balaban J connectivity index is 2.13. The van der Waals surface area contributed by atoms with Crippen molar-refractivity contribution in [2.24, 2.45) is 5.92 Å². The number of carbonyl (C=O) groups is 4. The van der Waals surface area contributed by atoms with Crippen molar-refractivity contribution in [3.8, 4) is 0 Å². The minimum absolute atomic E-state index is 0.0355. The van der Waals surface area contributed by atoms with Gasteiger partial charge in [0.25, 0.3) is 0 Å². The molecule has 0 saturated carbocycles. The smallest absolute Gasteiger partial charge is 0.292 e. The first-order valence-electron chi connectivity index (χ1n) is 8.33. The van der Waals surface area contributed by atoms with Crippen LogP contribution in [0.4, 0.5) is 4.79 Å². The van der Waals surface area contributed by atoms with E-state index in [0.717, 1.165) is 15.4 Å². The third-order valence-electron chi connectivity index (χ3n) is 4.06. The Morgan fingerprint density at radius 3 is 1.96 bits per heavy atom. The van der Waals surface area contributed by atoms with Gasteiger partial charge in [-0.15, -0.1) is 0 Å². The van der Waals surface area contributed by atoms with Gasteiger partial charge < -0.3 is 0 Å². The minimum atomic E-state index is -0.940. The zero-order valence-electron chi connectivity index (χ0n) is 15.3. The number of nitrogens with zero attached hydrogens (tertiary/aromatic N) is 2. The number of imide groups is 2. The molecule has 0 unspecified atom stereocenters. The maximum atomic E-state index is 12.4. The van der Waals surface area contributed by atoms with Gasteiger partial charge in [-0.2, -0.15) is 0 Å². The zero-order valence-corrected chi connectivity index (χ0v) is 15.3. The fourth-order valence-corrected chi connectivity index (χ4v) is 2.61. The average molecular weight is 344 g/mol. The Bertz CT molecular complexity index is 714. The van der Waals surface area contributed by atoms with Crippen molar-refractivity contribution < 1.29 is 19.2 Å². The average Bonchev–Trinajstić information content (AvgIpc) is 2.71. The minimum Gasteiger partial charge on any atom is -0.292 e. The molecule has 1 fully saturated rings. The molecule has 0 radical (unpaired) electrons. The zero-order chi connectivity index (χ0) is 18.9. The predicted octanol–water partition coefficient (Wildman–Crippen LogP) is 2.61. The van der Waals surface area contributed by atoms with Gasteiger partial charge in [0.05, 0.1) is 6.54 Å². The summed E-state index contributed by atoms with van der Waals surface area (Å²) in [4.78, 5) is 50.3. The first kappa shape index (κ1) is 18.8. The summed E-state index contributed by atoms with van der Waals surface area (Å²) in [5, 5.41) is 0. The van der Waals surface area contributed by atoms with Crippen LogP contribution >= 0.6 is 0 Å². The van der Waals surface area contributed by atoms with Crippen molar-refractivity contribution in [3.05, 3.63) is 35.4 Å². The number of Topliss-reactive ketones (excluding diaryl/α,β-unsaturated/α-hetero) is 1. The molecule has 4 amide bonds. The highest BCUT2D eigenvalue weighted by molar-refractivity contribution is 6.45. The van der Waals surface area contributed by atoms with E-state index in [1.54, 1.807) is 12.1 Å². The number of hydrogen-bond donors (Lipinski definition) is 0. The van der Waals surface area contributed by atoms with E-state index in [9.17, 15) is 19.2 Å². The molecular formula is C19H24N2O4. The van der Waals surface area contributed by atoms with Crippen LogP contribution in [0, 0.1) is 5.92 Å². The van der Waals surface area contributed by atoms with Crippen molar-refractivity contribution in [3.63, 3.8) is 0 Å². The van der Waals surface area contributed by atoms with Gasteiger partial charge in [-0.1, -0.05) is 58.9 Å². The van der Waals surface area contributed by atoms with E-state index in [2.05, 4.69) is 20.8 Å². The monoisotopic (exact) mass is 344 g/mol. The Labute approximate surface area is 147 Å². The van der Waals surface area contributed by atoms with Crippen molar-refractivity contribution in [2.45, 2.75) is 40.0 Å². The number of ketones is 1. The lowest BCUT2D eigenvalue weighted by Gasteiger charge is -2.19.